The zero-order valence-corrected chi connectivity index (χ0v) is 13.8. The number of hydrogen-bond donors (Lipinski definition) is 1. The monoisotopic (exact) mass is 320 g/mol. The number of anilines is 1. The molecule has 1 aliphatic rings. The van der Waals surface area contributed by atoms with Crippen LogP contribution >= 0.6 is 0 Å². The van der Waals surface area contributed by atoms with E-state index in [9.17, 15) is 9.59 Å². The molecule has 0 aliphatic carbocycles. The first kappa shape index (κ1) is 17.1. The van der Waals surface area contributed by atoms with Crippen molar-refractivity contribution in [2.45, 2.75) is 39.5 Å². The highest BCUT2D eigenvalue weighted by molar-refractivity contribution is 5.92. The van der Waals surface area contributed by atoms with Crippen molar-refractivity contribution in [1.82, 2.24) is 5.32 Å². The summed E-state index contributed by atoms with van der Waals surface area (Å²) in [6.07, 6.45) is 3.50. The zero-order chi connectivity index (χ0) is 16.7. The van der Waals surface area contributed by atoms with Crippen LogP contribution in [0.5, 0.6) is 11.5 Å². The van der Waals surface area contributed by atoms with E-state index in [2.05, 4.69) is 12.2 Å². The van der Waals surface area contributed by atoms with E-state index >= 15 is 0 Å². The highest BCUT2D eigenvalue weighted by atomic mass is 16.7. The fraction of sp³-hybridized carbons (Fsp3) is 0.529. The molecule has 0 radical (unpaired) electrons. The number of nitrogens with zero attached hydrogens (tertiary/aromatic N) is 1. The first-order valence-corrected chi connectivity index (χ1v) is 8.06. The number of rotatable bonds is 8. The topological polar surface area (TPSA) is 67.9 Å². The fourth-order valence-electron chi connectivity index (χ4n) is 2.43. The minimum absolute atomic E-state index is 0.0342. The molecule has 2 rings (SSSR count). The third kappa shape index (κ3) is 4.87. The highest BCUT2D eigenvalue weighted by Crippen LogP contribution is 2.35. The second-order valence-electron chi connectivity index (χ2n) is 5.52. The van der Waals surface area contributed by atoms with Gasteiger partial charge in [0.25, 0.3) is 0 Å². The summed E-state index contributed by atoms with van der Waals surface area (Å²) in [4.78, 5) is 25.3. The Balaban J connectivity index is 1.89. The third-order valence-electron chi connectivity index (χ3n) is 3.71. The van der Waals surface area contributed by atoms with Crippen molar-refractivity contribution in [3.05, 3.63) is 18.2 Å². The minimum Gasteiger partial charge on any atom is -0.454 e. The second-order valence-corrected chi connectivity index (χ2v) is 5.52. The van der Waals surface area contributed by atoms with Gasteiger partial charge in [0.05, 0.1) is 0 Å². The molecular weight excluding hydrogens is 296 g/mol. The Hall–Kier alpha value is -2.24. The zero-order valence-electron chi connectivity index (χ0n) is 13.8. The predicted octanol–water partition coefficient (Wildman–Crippen LogP) is 2.46. The maximum absolute atomic E-state index is 11.9. The maximum Gasteiger partial charge on any atom is 0.231 e. The summed E-state index contributed by atoms with van der Waals surface area (Å²) in [7, 11) is 0. The molecule has 126 valence electrons. The summed E-state index contributed by atoms with van der Waals surface area (Å²) in [6.45, 7) is 4.84. The summed E-state index contributed by atoms with van der Waals surface area (Å²) in [5.41, 5.74) is 0.709. The summed E-state index contributed by atoms with van der Waals surface area (Å²) < 4.78 is 10.6. The molecule has 1 aromatic rings. The summed E-state index contributed by atoms with van der Waals surface area (Å²) in [5, 5.41) is 2.88. The SMILES string of the molecule is CCCCCNC(=O)CCN(C(C)=O)c1ccc2c(c1)OCO2. The largest absolute Gasteiger partial charge is 0.454 e. The van der Waals surface area contributed by atoms with E-state index in [4.69, 9.17) is 9.47 Å². The van der Waals surface area contributed by atoms with Gasteiger partial charge in [-0.25, -0.2) is 0 Å². The van der Waals surface area contributed by atoms with E-state index in [0.717, 1.165) is 19.3 Å². The lowest BCUT2D eigenvalue weighted by Crippen LogP contribution is -2.34. The maximum atomic E-state index is 11.9. The molecule has 1 N–H and O–H groups in total. The summed E-state index contributed by atoms with van der Waals surface area (Å²) >= 11 is 0. The Bertz CT molecular complexity index is 560. The quantitative estimate of drug-likeness (QED) is 0.747. The third-order valence-corrected chi connectivity index (χ3v) is 3.71. The molecule has 0 fully saturated rings. The van der Waals surface area contributed by atoms with Crippen LogP contribution in [0.3, 0.4) is 0 Å². The lowest BCUT2D eigenvalue weighted by Gasteiger charge is -2.21. The van der Waals surface area contributed by atoms with Gasteiger partial charge in [-0.3, -0.25) is 9.59 Å². The normalized spacial score (nSPS) is 12.1. The molecule has 0 spiro atoms. The summed E-state index contributed by atoms with van der Waals surface area (Å²) in [5.74, 6) is 1.15. The van der Waals surface area contributed by atoms with Gasteiger partial charge in [-0.15, -0.1) is 0 Å². The number of unbranched alkanes of at least 4 members (excludes halogenated alkanes) is 2. The van der Waals surface area contributed by atoms with Gasteiger partial charge in [-0.1, -0.05) is 19.8 Å². The minimum atomic E-state index is -0.109. The molecule has 23 heavy (non-hydrogen) atoms. The Morgan fingerprint density at radius 3 is 2.74 bits per heavy atom. The van der Waals surface area contributed by atoms with Gasteiger partial charge in [-0.05, 0) is 18.6 Å². The molecule has 6 heteroatoms. The molecular formula is C17H24N2O4. The van der Waals surface area contributed by atoms with Crippen LogP contribution in [0.4, 0.5) is 5.69 Å². The van der Waals surface area contributed by atoms with Crippen molar-refractivity contribution >= 4 is 17.5 Å². The average Bonchev–Trinajstić information content (AvgIpc) is 2.99. The van der Waals surface area contributed by atoms with Crippen molar-refractivity contribution in [2.75, 3.05) is 24.8 Å². The van der Waals surface area contributed by atoms with Gasteiger partial charge in [0.2, 0.25) is 18.6 Å². The Labute approximate surface area is 136 Å². The molecule has 0 saturated carbocycles. The molecule has 0 saturated heterocycles. The van der Waals surface area contributed by atoms with Crippen LogP contribution in [0.1, 0.15) is 39.5 Å². The van der Waals surface area contributed by atoms with Crippen LogP contribution < -0.4 is 19.7 Å². The van der Waals surface area contributed by atoms with Crippen LogP contribution in [-0.4, -0.2) is 31.7 Å². The first-order valence-electron chi connectivity index (χ1n) is 8.06. The standard InChI is InChI=1S/C17H24N2O4/c1-3-4-5-9-18-17(21)8-10-19(13(2)20)14-6-7-15-16(11-14)23-12-22-15/h6-7,11H,3-5,8-10,12H2,1-2H3,(H,18,21). The first-order chi connectivity index (χ1) is 11.1. The molecule has 2 amide bonds. The molecule has 0 bridgehead atoms. The molecule has 6 nitrogen and oxygen atoms in total. The van der Waals surface area contributed by atoms with Gasteiger partial charge in [0.1, 0.15) is 0 Å². The molecule has 0 atom stereocenters. The van der Waals surface area contributed by atoms with Crippen LogP contribution in [0, 0.1) is 0 Å². The Kier molecular flexibility index (Phi) is 6.26. The van der Waals surface area contributed by atoms with Gasteiger partial charge < -0.3 is 19.7 Å². The van der Waals surface area contributed by atoms with Crippen LogP contribution in [0.25, 0.3) is 0 Å². The van der Waals surface area contributed by atoms with E-state index in [1.807, 2.05) is 0 Å². The van der Waals surface area contributed by atoms with E-state index < -0.39 is 0 Å². The summed E-state index contributed by atoms with van der Waals surface area (Å²) in [6, 6.07) is 5.34. The number of hydrogen-bond acceptors (Lipinski definition) is 4. The number of amides is 2. The Morgan fingerprint density at radius 2 is 2.00 bits per heavy atom. The number of nitrogens with one attached hydrogen (secondary N) is 1. The lowest BCUT2D eigenvalue weighted by molar-refractivity contribution is -0.121. The number of benzene rings is 1. The van der Waals surface area contributed by atoms with Gasteiger partial charge in [0, 0.05) is 38.2 Å². The van der Waals surface area contributed by atoms with Crippen LogP contribution in [0.2, 0.25) is 0 Å². The van der Waals surface area contributed by atoms with Crippen molar-refractivity contribution in [3.63, 3.8) is 0 Å². The van der Waals surface area contributed by atoms with Gasteiger partial charge in [-0.2, -0.15) is 0 Å². The van der Waals surface area contributed by atoms with E-state index in [1.54, 1.807) is 23.1 Å². The molecule has 1 heterocycles. The number of fused-ring (bicyclic) bond motifs is 1. The highest BCUT2D eigenvalue weighted by Gasteiger charge is 2.18. The van der Waals surface area contributed by atoms with Crippen LogP contribution in [0.15, 0.2) is 18.2 Å². The predicted molar refractivity (Wildman–Crippen MR) is 87.7 cm³/mol. The van der Waals surface area contributed by atoms with Gasteiger partial charge >= 0.3 is 0 Å². The number of carbonyl (C=O) groups excluding carboxylic acids is 2. The van der Waals surface area contributed by atoms with Crippen molar-refractivity contribution < 1.29 is 19.1 Å². The smallest absolute Gasteiger partial charge is 0.231 e. The fourth-order valence-corrected chi connectivity index (χ4v) is 2.43. The van der Waals surface area contributed by atoms with Crippen molar-refractivity contribution in [2.24, 2.45) is 0 Å². The van der Waals surface area contributed by atoms with E-state index in [-0.39, 0.29) is 25.0 Å². The van der Waals surface area contributed by atoms with Crippen molar-refractivity contribution in [1.29, 1.82) is 0 Å². The van der Waals surface area contributed by atoms with Crippen LogP contribution in [-0.2, 0) is 9.59 Å². The Morgan fingerprint density at radius 1 is 1.22 bits per heavy atom. The number of ether oxygens (including phenoxy) is 2. The molecule has 1 aromatic carbocycles. The lowest BCUT2D eigenvalue weighted by atomic mass is 10.2. The van der Waals surface area contributed by atoms with E-state index in [0.29, 0.717) is 30.3 Å². The second kappa shape index (κ2) is 8.41. The average molecular weight is 320 g/mol. The van der Waals surface area contributed by atoms with Gasteiger partial charge in [0.15, 0.2) is 11.5 Å². The van der Waals surface area contributed by atoms with Crippen molar-refractivity contribution in [3.8, 4) is 11.5 Å². The number of carbonyl (C=O) groups is 2. The molecule has 1 aliphatic heterocycles. The van der Waals surface area contributed by atoms with E-state index in [1.165, 1.54) is 6.92 Å². The molecule has 0 unspecified atom stereocenters. The molecule has 0 aromatic heterocycles.